The maximum atomic E-state index is 5.25. The Kier molecular flexibility index (Phi) is 2.56. The van der Waals surface area contributed by atoms with Crippen LogP contribution in [0.4, 0.5) is 0 Å². The molecule has 18 heavy (non-hydrogen) atoms. The maximum Gasteiger partial charge on any atom is 0.215 e. The van der Waals surface area contributed by atoms with Crippen molar-refractivity contribution in [1.29, 1.82) is 0 Å². The molecule has 92 valence electrons. The van der Waals surface area contributed by atoms with Gasteiger partial charge in [-0.15, -0.1) is 0 Å². The topological polar surface area (TPSA) is 81.8 Å². The zero-order chi connectivity index (χ0) is 12.5. The van der Waals surface area contributed by atoms with Gasteiger partial charge in [0.1, 0.15) is 0 Å². The second kappa shape index (κ2) is 4.22. The van der Waals surface area contributed by atoms with Gasteiger partial charge in [0.25, 0.3) is 0 Å². The first-order valence-electron chi connectivity index (χ1n) is 5.17. The average molecular weight is 263 g/mol. The van der Waals surface area contributed by atoms with E-state index in [-0.39, 0.29) is 0 Å². The molecule has 0 unspecified atom stereocenters. The largest absolute Gasteiger partial charge is 0.481 e. The quantitative estimate of drug-likeness (QED) is 0.722. The lowest BCUT2D eigenvalue weighted by atomic mass is 10.4. The lowest BCUT2D eigenvalue weighted by Crippen LogP contribution is -2.02. The summed E-state index contributed by atoms with van der Waals surface area (Å²) in [7, 11) is 1.57. The minimum atomic E-state index is 0.398. The molecule has 0 saturated heterocycles. The highest BCUT2D eigenvalue weighted by Gasteiger charge is 2.09. The fourth-order valence-electron chi connectivity index (χ4n) is 1.68. The third-order valence-corrected chi connectivity index (χ3v) is 2.83. The van der Waals surface area contributed by atoms with Crippen LogP contribution in [0.5, 0.6) is 5.88 Å². The molecule has 0 aromatic carbocycles. The Balaban J connectivity index is 2.14. The third-order valence-electron chi connectivity index (χ3n) is 2.51. The SMILES string of the molecule is COc1ccc2[nH]c(=S)n(Cc3ncon3)c2n1. The predicted molar refractivity (Wildman–Crippen MR) is 64.9 cm³/mol. The van der Waals surface area contributed by atoms with Crippen LogP contribution in [0.25, 0.3) is 11.2 Å². The number of aromatic nitrogens is 5. The van der Waals surface area contributed by atoms with Gasteiger partial charge < -0.3 is 14.2 Å². The van der Waals surface area contributed by atoms with Gasteiger partial charge in [0.2, 0.25) is 12.3 Å². The van der Waals surface area contributed by atoms with E-state index in [1.807, 2.05) is 6.07 Å². The maximum absolute atomic E-state index is 5.25. The van der Waals surface area contributed by atoms with Crippen LogP contribution in [0, 0.1) is 4.77 Å². The van der Waals surface area contributed by atoms with Crippen LogP contribution in [0.15, 0.2) is 23.0 Å². The van der Waals surface area contributed by atoms with Crippen molar-refractivity contribution in [2.24, 2.45) is 0 Å². The first-order valence-corrected chi connectivity index (χ1v) is 5.57. The molecule has 0 aliphatic heterocycles. The molecular weight excluding hydrogens is 254 g/mol. The van der Waals surface area contributed by atoms with E-state index >= 15 is 0 Å². The van der Waals surface area contributed by atoms with E-state index in [9.17, 15) is 0 Å². The first kappa shape index (κ1) is 10.9. The number of hydrogen-bond donors (Lipinski definition) is 1. The van der Waals surface area contributed by atoms with E-state index in [0.717, 1.165) is 5.52 Å². The van der Waals surface area contributed by atoms with Crippen LogP contribution in [-0.2, 0) is 6.54 Å². The Morgan fingerprint density at radius 2 is 2.39 bits per heavy atom. The number of ether oxygens (including phenoxy) is 1. The summed E-state index contributed by atoms with van der Waals surface area (Å²) in [4.78, 5) is 11.4. The first-order chi connectivity index (χ1) is 8.78. The van der Waals surface area contributed by atoms with E-state index in [0.29, 0.717) is 28.7 Å². The highest BCUT2D eigenvalue weighted by atomic mass is 32.1. The summed E-state index contributed by atoms with van der Waals surface area (Å²) < 4.78 is 12.1. The fraction of sp³-hybridized carbons (Fsp3) is 0.200. The van der Waals surface area contributed by atoms with Crippen LogP contribution in [0.2, 0.25) is 0 Å². The number of pyridine rings is 1. The third kappa shape index (κ3) is 1.76. The van der Waals surface area contributed by atoms with Gasteiger partial charge in [-0.25, -0.2) is 0 Å². The highest BCUT2D eigenvalue weighted by molar-refractivity contribution is 7.71. The number of H-pyrrole nitrogens is 1. The van der Waals surface area contributed by atoms with Crippen LogP contribution >= 0.6 is 12.2 Å². The molecule has 0 aliphatic rings. The van der Waals surface area contributed by atoms with Gasteiger partial charge in [-0.05, 0) is 18.3 Å². The molecule has 0 saturated carbocycles. The Morgan fingerprint density at radius 3 is 3.11 bits per heavy atom. The van der Waals surface area contributed by atoms with Crippen molar-refractivity contribution in [1.82, 2.24) is 24.7 Å². The normalized spacial score (nSPS) is 10.9. The van der Waals surface area contributed by atoms with Gasteiger partial charge in [0.15, 0.2) is 16.2 Å². The van der Waals surface area contributed by atoms with Gasteiger partial charge in [-0.3, -0.25) is 4.57 Å². The molecule has 0 fully saturated rings. The molecule has 0 spiro atoms. The molecule has 1 N–H and O–H groups in total. The Bertz CT molecular complexity index is 730. The highest BCUT2D eigenvalue weighted by Crippen LogP contribution is 2.16. The van der Waals surface area contributed by atoms with Crippen LogP contribution < -0.4 is 4.74 Å². The van der Waals surface area contributed by atoms with Crippen molar-refractivity contribution < 1.29 is 9.26 Å². The number of hydrogen-bond acceptors (Lipinski definition) is 6. The molecule has 3 rings (SSSR count). The van der Waals surface area contributed by atoms with Crippen LogP contribution in [0.1, 0.15) is 5.82 Å². The van der Waals surface area contributed by atoms with Crippen molar-refractivity contribution in [3.63, 3.8) is 0 Å². The van der Waals surface area contributed by atoms with E-state index < -0.39 is 0 Å². The zero-order valence-corrected chi connectivity index (χ0v) is 10.3. The zero-order valence-electron chi connectivity index (χ0n) is 9.45. The standard InChI is InChI=1S/C10H9N5O2S/c1-16-8-3-2-6-9(13-8)15(10(18)12-6)4-7-11-5-17-14-7/h2-3,5H,4H2,1H3,(H,12,18). The number of fused-ring (bicyclic) bond motifs is 1. The van der Waals surface area contributed by atoms with Gasteiger partial charge in [0.05, 0.1) is 19.2 Å². The molecule has 8 heteroatoms. The molecule has 0 radical (unpaired) electrons. The number of nitrogens with zero attached hydrogens (tertiary/aromatic N) is 4. The molecule has 3 heterocycles. The van der Waals surface area contributed by atoms with Crippen LogP contribution in [-0.4, -0.2) is 31.8 Å². The van der Waals surface area contributed by atoms with E-state index in [1.165, 1.54) is 6.39 Å². The number of rotatable bonds is 3. The fourth-order valence-corrected chi connectivity index (χ4v) is 1.94. The molecule has 0 amide bonds. The summed E-state index contributed by atoms with van der Waals surface area (Å²) in [6.45, 7) is 0.398. The summed E-state index contributed by atoms with van der Waals surface area (Å²) in [6, 6.07) is 3.63. The van der Waals surface area contributed by atoms with Gasteiger partial charge in [-0.1, -0.05) is 5.16 Å². The Morgan fingerprint density at radius 1 is 1.50 bits per heavy atom. The monoisotopic (exact) mass is 263 g/mol. The van der Waals surface area contributed by atoms with E-state index in [1.54, 1.807) is 17.7 Å². The van der Waals surface area contributed by atoms with Gasteiger partial charge in [0, 0.05) is 6.07 Å². The summed E-state index contributed by atoms with van der Waals surface area (Å²) in [5.74, 6) is 1.06. The van der Waals surface area contributed by atoms with Crippen LogP contribution in [0.3, 0.4) is 0 Å². The van der Waals surface area contributed by atoms with Crippen molar-refractivity contribution in [2.45, 2.75) is 6.54 Å². The second-order valence-corrected chi connectivity index (χ2v) is 3.98. The minimum Gasteiger partial charge on any atom is -0.481 e. The number of methoxy groups -OCH3 is 1. The predicted octanol–water partition coefficient (Wildman–Crippen LogP) is 1.53. The minimum absolute atomic E-state index is 0.398. The molecular formula is C10H9N5O2S. The lowest BCUT2D eigenvalue weighted by molar-refractivity contribution is 0.398. The molecule has 0 bridgehead atoms. The molecule has 0 atom stereocenters. The van der Waals surface area contributed by atoms with Crippen molar-refractivity contribution >= 4 is 23.4 Å². The van der Waals surface area contributed by atoms with Crippen molar-refractivity contribution in [3.8, 4) is 5.88 Å². The Labute approximate surface area is 106 Å². The van der Waals surface area contributed by atoms with Crippen molar-refractivity contribution in [3.05, 3.63) is 29.1 Å². The van der Waals surface area contributed by atoms with E-state index in [2.05, 4.69) is 20.1 Å². The molecule has 7 nitrogen and oxygen atoms in total. The Hall–Kier alpha value is -2.22. The molecule has 0 aliphatic carbocycles. The summed E-state index contributed by atoms with van der Waals surface area (Å²) in [5.41, 5.74) is 1.54. The van der Waals surface area contributed by atoms with Crippen molar-refractivity contribution in [2.75, 3.05) is 7.11 Å². The number of aromatic amines is 1. The number of imidazole rings is 1. The summed E-state index contributed by atoms with van der Waals surface area (Å²) in [5, 5.41) is 3.76. The smallest absolute Gasteiger partial charge is 0.215 e. The summed E-state index contributed by atoms with van der Waals surface area (Å²) >= 11 is 5.25. The summed E-state index contributed by atoms with van der Waals surface area (Å²) in [6.07, 6.45) is 1.28. The van der Waals surface area contributed by atoms with E-state index in [4.69, 9.17) is 21.5 Å². The number of nitrogens with one attached hydrogen (secondary N) is 1. The lowest BCUT2D eigenvalue weighted by Gasteiger charge is -2.01. The average Bonchev–Trinajstić information content (AvgIpc) is 2.99. The molecule has 3 aromatic rings. The second-order valence-electron chi connectivity index (χ2n) is 3.59. The van der Waals surface area contributed by atoms with Gasteiger partial charge in [-0.2, -0.15) is 9.97 Å². The molecule has 3 aromatic heterocycles. The van der Waals surface area contributed by atoms with Gasteiger partial charge >= 0.3 is 0 Å².